The van der Waals surface area contributed by atoms with E-state index in [4.69, 9.17) is 0 Å². The van der Waals surface area contributed by atoms with Gasteiger partial charge < -0.3 is 10.2 Å². The first kappa shape index (κ1) is 25.0. The summed E-state index contributed by atoms with van der Waals surface area (Å²) < 4.78 is 0. The van der Waals surface area contributed by atoms with Crippen molar-refractivity contribution in [3.05, 3.63) is 0 Å². The van der Waals surface area contributed by atoms with Gasteiger partial charge >= 0.3 is 0 Å². The van der Waals surface area contributed by atoms with Crippen LogP contribution in [0.3, 0.4) is 0 Å². The van der Waals surface area contributed by atoms with E-state index < -0.39 is 0 Å². The maximum Gasteiger partial charge on any atom is 0.220 e. The third-order valence-corrected chi connectivity index (χ3v) is 5.74. The first-order chi connectivity index (χ1) is 13.8. The Morgan fingerprint density at radius 2 is 1.43 bits per heavy atom. The quantitative estimate of drug-likeness (QED) is 0.270. The first-order valence-electron chi connectivity index (χ1n) is 12.3. The second-order valence-electron chi connectivity index (χ2n) is 8.38. The highest BCUT2D eigenvalue weighted by Crippen LogP contribution is 2.12. The van der Waals surface area contributed by atoms with E-state index in [0.29, 0.717) is 6.42 Å². The molecule has 1 N–H and O–H groups in total. The number of unbranched alkanes of at least 4 members (excludes halogenated alkanes) is 12. The average molecular weight is 394 g/mol. The van der Waals surface area contributed by atoms with Crippen molar-refractivity contribution in [1.82, 2.24) is 10.2 Å². The number of amides is 1. The van der Waals surface area contributed by atoms with Crippen LogP contribution in [0.5, 0.6) is 0 Å². The van der Waals surface area contributed by atoms with Gasteiger partial charge in [0.1, 0.15) is 0 Å². The van der Waals surface area contributed by atoms with Crippen molar-refractivity contribution in [2.75, 3.05) is 26.2 Å². The molecule has 1 heterocycles. The van der Waals surface area contributed by atoms with Crippen LogP contribution in [0.15, 0.2) is 4.99 Å². The van der Waals surface area contributed by atoms with E-state index in [1.807, 2.05) is 0 Å². The molecule has 1 amide bonds. The highest BCUT2D eigenvalue weighted by molar-refractivity contribution is 5.83. The van der Waals surface area contributed by atoms with Crippen molar-refractivity contribution >= 4 is 11.7 Å². The van der Waals surface area contributed by atoms with Crippen LogP contribution < -0.4 is 5.32 Å². The maximum atomic E-state index is 12.0. The normalized spacial score (nSPS) is 13.8. The van der Waals surface area contributed by atoms with Crippen molar-refractivity contribution in [2.45, 2.75) is 117 Å². The molecule has 0 radical (unpaired) electrons. The van der Waals surface area contributed by atoms with Crippen LogP contribution >= 0.6 is 0 Å². The minimum atomic E-state index is 0.222. The van der Waals surface area contributed by atoms with Gasteiger partial charge in [-0.2, -0.15) is 0 Å². The largest absolute Gasteiger partial charge is 0.357 e. The van der Waals surface area contributed by atoms with Crippen molar-refractivity contribution in [3.8, 4) is 0 Å². The van der Waals surface area contributed by atoms with Crippen LogP contribution in [-0.2, 0) is 4.79 Å². The first-order valence-corrected chi connectivity index (χ1v) is 12.3. The van der Waals surface area contributed by atoms with Crippen LogP contribution in [0.2, 0.25) is 0 Å². The Morgan fingerprint density at radius 3 is 2.07 bits per heavy atom. The number of hydrogen-bond acceptors (Lipinski definition) is 3. The molecular formula is C24H47N3O. The third-order valence-electron chi connectivity index (χ3n) is 5.74. The van der Waals surface area contributed by atoms with Gasteiger partial charge in [0.15, 0.2) is 0 Å². The molecular weight excluding hydrogens is 346 g/mol. The van der Waals surface area contributed by atoms with Crippen LogP contribution in [0, 0.1) is 0 Å². The Bertz CT molecular complexity index is 409. The lowest BCUT2D eigenvalue weighted by molar-refractivity contribution is -0.121. The van der Waals surface area contributed by atoms with E-state index in [-0.39, 0.29) is 5.91 Å². The van der Waals surface area contributed by atoms with E-state index in [0.717, 1.165) is 39.0 Å². The van der Waals surface area contributed by atoms with Crippen LogP contribution in [-0.4, -0.2) is 42.8 Å². The molecule has 1 aliphatic rings. The van der Waals surface area contributed by atoms with E-state index in [1.54, 1.807) is 0 Å². The van der Waals surface area contributed by atoms with Crippen LogP contribution in [0.1, 0.15) is 117 Å². The summed E-state index contributed by atoms with van der Waals surface area (Å²) in [6.45, 7) is 8.14. The van der Waals surface area contributed by atoms with Crippen molar-refractivity contribution in [2.24, 2.45) is 4.99 Å². The molecule has 0 spiro atoms. The van der Waals surface area contributed by atoms with Crippen molar-refractivity contribution < 1.29 is 4.79 Å². The maximum absolute atomic E-state index is 12.0. The van der Waals surface area contributed by atoms with Gasteiger partial charge in [0.05, 0.1) is 12.4 Å². The zero-order chi connectivity index (χ0) is 20.3. The fourth-order valence-electron chi connectivity index (χ4n) is 3.91. The van der Waals surface area contributed by atoms with Gasteiger partial charge in [0, 0.05) is 32.5 Å². The van der Waals surface area contributed by atoms with Gasteiger partial charge in [-0.05, 0) is 12.8 Å². The molecule has 164 valence electrons. The highest BCUT2D eigenvalue weighted by atomic mass is 16.1. The molecule has 4 heteroatoms. The van der Waals surface area contributed by atoms with Crippen LogP contribution in [0.4, 0.5) is 0 Å². The van der Waals surface area contributed by atoms with Gasteiger partial charge in [-0.15, -0.1) is 0 Å². The van der Waals surface area contributed by atoms with Gasteiger partial charge in [-0.3, -0.25) is 9.79 Å². The molecule has 0 atom stereocenters. The monoisotopic (exact) mass is 393 g/mol. The molecule has 0 unspecified atom stereocenters. The van der Waals surface area contributed by atoms with E-state index >= 15 is 0 Å². The standard InChI is InChI=1S/C24H47N3O/c1-3-5-7-9-10-11-12-14-16-18-24(28)26-20-22-27-21-19-25-23(27)17-15-13-8-6-4-2/h3-22H2,1-2H3,(H,26,28). The lowest BCUT2D eigenvalue weighted by atomic mass is 10.1. The van der Waals surface area contributed by atoms with E-state index in [1.165, 1.54) is 89.3 Å². The Balaban J connectivity index is 1.95. The predicted molar refractivity (Wildman–Crippen MR) is 122 cm³/mol. The Hall–Kier alpha value is -1.06. The molecule has 0 bridgehead atoms. The van der Waals surface area contributed by atoms with Gasteiger partial charge in [-0.25, -0.2) is 0 Å². The SMILES string of the molecule is CCCCCCCCCCCC(=O)NCCN1CCN=C1CCCCCCC. The molecule has 0 saturated heterocycles. The second kappa shape index (κ2) is 18.0. The van der Waals surface area contributed by atoms with Crippen molar-refractivity contribution in [3.63, 3.8) is 0 Å². The molecule has 1 rings (SSSR count). The van der Waals surface area contributed by atoms with E-state index in [2.05, 4.69) is 29.1 Å². The highest BCUT2D eigenvalue weighted by Gasteiger charge is 2.16. The smallest absolute Gasteiger partial charge is 0.220 e. The number of carbonyl (C=O) groups excluding carboxylic acids is 1. The minimum Gasteiger partial charge on any atom is -0.357 e. The second-order valence-corrected chi connectivity index (χ2v) is 8.38. The lowest BCUT2D eigenvalue weighted by Gasteiger charge is -2.20. The molecule has 28 heavy (non-hydrogen) atoms. The molecule has 0 fully saturated rings. The summed E-state index contributed by atoms with van der Waals surface area (Å²) >= 11 is 0. The Labute approximate surface area is 174 Å². The molecule has 0 aromatic heterocycles. The number of hydrogen-bond donors (Lipinski definition) is 1. The van der Waals surface area contributed by atoms with Gasteiger partial charge in [-0.1, -0.05) is 90.9 Å². The average Bonchev–Trinajstić information content (AvgIpc) is 3.14. The number of aliphatic imine (C=N–C) groups is 1. The number of nitrogens with zero attached hydrogens (tertiary/aromatic N) is 2. The summed E-state index contributed by atoms with van der Waals surface area (Å²) in [5.74, 6) is 1.49. The summed E-state index contributed by atoms with van der Waals surface area (Å²) in [5.41, 5.74) is 0. The zero-order valence-corrected chi connectivity index (χ0v) is 18.9. The third kappa shape index (κ3) is 13.2. The summed E-state index contributed by atoms with van der Waals surface area (Å²) in [6, 6.07) is 0. The number of carbonyl (C=O) groups is 1. The van der Waals surface area contributed by atoms with Crippen LogP contribution in [0.25, 0.3) is 0 Å². The summed E-state index contributed by atoms with van der Waals surface area (Å²) in [6.07, 6.45) is 20.0. The molecule has 1 aliphatic heterocycles. The van der Waals surface area contributed by atoms with Crippen molar-refractivity contribution in [1.29, 1.82) is 0 Å². The topological polar surface area (TPSA) is 44.7 Å². The Kier molecular flexibility index (Phi) is 16.1. The predicted octanol–water partition coefficient (Wildman–Crippen LogP) is 6.10. The lowest BCUT2D eigenvalue weighted by Crippen LogP contribution is -2.36. The number of nitrogens with one attached hydrogen (secondary N) is 1. The fourth-order valence-corrected chi connectivity index (χ4v) is 3.91. The number of rotatable bonds is 19. The fraction of sp³-hybridized carbons (Fsp3) is 0.917. The zero-order valence-electron chi connectivity index (χ0n) is 18.9. The van der Waals surface area contributed by atoms with Gasteiger partial charge in [0.2, 0.25) is 5.91 Å². The Morgan fingerprint density at radius 1 is 0.857 bits per heavy atom. The molecule has 4 nitrogen and oxygen atoms in total. The summed E-state index contributed by atoms with van der Waals surface area (Å²) in [5, 5.41) is 3.10. The van der Waals surface area contributed by atoms with E-state index in [9.17, 15) is 4.79 Å². The molecule has 0 aliphatic carbocycles. The molecule has 0 aromatic rings. The summed E-state index contributed by atoms with van der Waals surface area (Å²) in [4.78, 5) is 19.1. The summed E-state index contributed by atoms with van der Waals surface area (Å²) in [7, 11) is 0. The molecule has 0 saturated carbocycles. The van der Waals surface area contributed by atoms with Gasteiger partial charge in [0.25, 0.3) is 0 Å². The molecule has 0 aromatic carbocycles. The number of amidine groups is 1. The minimum absolute atomic E-state index is 0.222.